The molecule has 48 heavy (non-hydrogen) atoms. The average Bonchev–Trinajstić information content (AvgIpc) is 3.43. The molecule has 7 rings (SSSR count). The van der Waals surface area contributed by atoms with E-state index >= 15 is 0 Å². The number of hydrogen-bond donors (Lipinski definition) is 0. The summed E-state index contributed by atoms with van der Waals surface area (Å²) in [5.74, 6) is 0. The van der Waals surface area contributed by atoms with Crippen LogP contribution in [0.5, 0.6) is 0 Å². The van der Waals surface area contributed by atoms with Crippen molar-refractivity contribution in [2.45, 2.75) is 83.5 Å². The monoisotopic (exact) mass is 633 g/mol. The Bertz CT molecular complexity index is 2070. The van der Waals surface area contributed by atoms with Gasteiger partial charge in [-0.1, -0.05) is 93.1 Å². The van der Waals surface area contributed by atoms with Crippen LogP contribution in [0.4, 0.5) is 11.4 Å². The molecule has 0 N–H and O–H groups in total. The Kier molecular flexibility index (Phi) is 8.58. The lowest BCUT2D eigenvalue weighted by Crippen LogP contribution is -2.27. The predicted octanol–water partition coefficient (Wildman–Crippen LogP) is 11.0. The number of benzene rings is 4. The highest BCUT2D eigenvalue weighted by molar-refractivity contribution is 6.07. The molecule has 0 unspecified atom stereocenters. The highest BCUT2D eigenvalue weighted by atomic mass is 16.1. The molecule has 3 nitrogen and oxygen atoms in total. The van der Waals surface area contributed by atoms with Crippen LogP contribution in [0.3, 0.4) is 0 Å². The van der Waals surface area contributed by atoms with Gasteiger partial charge in [0.2, 0.25) is 5.69 Å². The molecule has 4 aromatic rings. The van der Waals surface area contributed by atoms with E-state index in [0.29, 0.717) is 6.42 Å². The summed E-state index contributed by atoms with van der Waals surface area (Å²) in [6, 6.07) is 26.7. The Morgan fingerprint density at radius 2 is 1.46 bits per heavy atom. The van der Waals surface area contributed by atoms with Crippen molar-refractivity contribution in [3.05, 3.63) is 131 Å². The molecule has 4 aromatic carbocycles. The fourth-order valence-electron chi connectivity index (χ4n) is 8.66. The number of allylic oxidation sites excluding steroid dienone is 8. The average molecular weight is 634 g/mol. The molecule has 0 saturated carbocycles. The van der Waals surface area contributed by atoms with Gasteiger partial charge in [0, 0.05) is 47.5 Å². The maximum Gasteiger partial charge on any atom is 0.210 e. The topological polar surface area (TPSA) is 23.3 Å². The number of fused-ring (bicyclic) bond motifs is 6. The van der Waals surface area contributed by atoms with Gasteiger partial charge >= 0.3 is 0 Å². The van der Waals surface area contributed by atoms with Gasteiger partial charge < -0.3 is 9.69 Å². The van der Waals surface area contributed by atoms with Crippen LogP contribution >= 0.6 is 0 Å². The van der Waals surface area contributed by atoms with Crippen molar-refractivity contribution >= 4 is 44.9 Å². The Hall–Kier alpha value is -4.50. The minimum Gasteiger partial charge on any atom is -0.344 e. The maximum absolute atomic E-state index is 10.9. The molecule has 0 bridgehead atoms. The zero-order valence-corrected chi connectivity index (χ0v) is 29.4. The zero-order valence-electron chi connectivity index (χ0n) is 29.4. The summed E-state index contributed by atoms with van der Waals surface area (Å²) >= 11 is 0. The normalized spacial score (nSPS) is 19.9. The van der Waals surface area contributed by atoms with E-state index in [1.165, 1.54) is 73.0 Å². The number of nitrogens with zero attached hydrogens (tertiary/aromatic N) is 2. The van der Waals surface area contributed by atoms with Gasteiger partial charge in [-0.15, -0.1) is 0 Å². The highest BCUT2D eigenvalue weighted by Gasteiger charge is 2.44. The molecule has 3 aliphatic rings. The lowest BCUT2D eigenvalue weighted by atomic mass is 9.79. The number of hydrogen-bond acceptors (Lipinski definition) is 2. The number of carbonyl (C=O) groups is 1. The van der Waals surface area contributed by atoms with Crippen LogP contribution in [0, 0.1) is 0 Å². The van der Waals surface area contributed by atoms with Crippen LogP contribution in [-0.2, 0) is 15.6 Å². The molecule has 0 fully saturated rings. The fraction of sp³-hybridized carbons (Fsp3) is 0.333. The number of rotatable bonds is 9. The Morgan fingerprint density at radius 3 is 2.21 bits per heavy atom. The van der Waals surface area contributed by atoms with Crippen LogP contribution in [0.1, 0.15) is 83.8 Å². The van der Waals surface area contributed by atoms with E-state index in [-0.39, 0.29) is 10.8 Å². The molecular formula is C45H49N2O+. The summed E-state index contributed by atoms with van der Waals surface area (Å²) in [5, 5.41) is 5.30. The summed E-state index contributed by atoms with van der Waals surface area (Å²) < 4.78 is 2.39. The standard InChI is InChI=1S/C45H49N2O/c1-44(2)40(46(5)38-25-23-34-17-8-10-19-36(34)42(38)44)27-21-32-15-14-16-33(31-32)22-28-41-45(3,4)43-37-20-11-9-18-35(37)24-26-39(43)47(41)29-12-6-7-13-30-48/h8-11,17-28,30-31H,6-7,12-16,29H2,1-5H3/q+1. The molecule has 0 amide bonds. The van der Waals surface area contributed by atoms with Gasteiger partial charge in [-0.3, -0.25) is 0 Å². The Labute approximate surface area is 286 Å². The van der Waals surface area contributed by atoms with Crippen molar-refractivity contribution in [1.29, 1.82) is 0 Å². The largest absolute Gasteiger partial charge is 0.344 e. The van der Waals surface area contributed by atoms with Gasteiger partial charge in [-0.25, -0.2) is 0 Å². The minimum atomic E-state index is -0.119. The first kappa shape index (κ1) is 32.1. The molecule has 2 aliphatic heterocycles. The molecule has 0 atom stereocenters. The van der Waals surface area contributed by atoms with Gasteiger partial charge in [0.1, 0.15) is 13.3 Å². The number of aldehydes is 1. The van der Waals surface area contributed by atoms with Gasteiger partial charge in [0.05, 0.1) is 5.41 Å². The second-order valence-electron chi connectivity index (χ2n) is 14.9. The van der Waals surface area contributed by atoms with E-state index < -0.39 is 0 Å². The van der Waals surface area contributed by atoms with Crippen molar-refractivity contribution in [3.63, 3.8) is 0 Å². The third kappa shape index (κ3) is 5.57. The molecule has 1 aliphatic carbocycles. The third-order valence-corrected chi connectivity index (χ3v) is 11.1. The molecule has 3 heteroatoms. The van der Waals surface area contributed by atoms with E-state index in [0.717, 1.165) is 44.9 Å². The van der Waals surface area contributed by atoms with Crippen LogP contribution in [0.25, 0.3) is 21.5 Å². The predicted molar refractivity (Wildman–Crippen MR) is 204 cm³/mol. The van der Waals surface area contributed by atoms with E-state index in [2.05, 4.69) is 147 Å². The molecule has 0 radical (unpaired) electrons. The third-order valence-electron chi connectivity index (χ3n) is 11.1. The summed E-state index contributed by atoms with van der Waals surface area (Å²) in [4.78, 5) is 13.5. The number of carbonyl (C=O) groups excluding carboxylic acids is 1. The van der Waals surface area contributed by atoms with Gasteiger partial charge in [-0.05, 0) is 102 Å². The fourth-order valence-corrected chi connectivity index (χ4v) is 8.66. The lowest BCUT2D eigenvalue weighted by Gasteiger charge is -2.27. The van der Waals surface area contributed by atoms with Crippen molar-refractivity contribution in [1.82, 2.24) is 0 Å². The van der Waals surface area contributed by atoms with Crippen LogP contribution in [-0.4, -0.2) is 30.2 Å². The van der Waals surface area contributed by atoms with Crippen molar-refractivity contribution in [2.75, 3.05) is 18.5 Å². The smallest absolute Gasteiger partial charge is 0.210 e. The first-order valence-corrected chi connectivity index (χ1v) is 17.9. The van der Waals surface area contributed by atoms with Crippen molar-refractivity contribution in [3.8, 4) is 0 Å². The van der Waals surface area contributed by atoms with Crippen LogP contribution in [0.15, 0.2) is 120 Å². The second-order valence-corrected chi connectivity index (χ2v) is 14.9. The van der Waals surface area contributed by atoms with Crippen LogP contribution < -0.4 is 4.90 Å². The Balaban J connectivity index is 1.19. The molecule has 2 heterocycles. The summed E-state index contributed by atoms with van der Waals surface area (Å²) in [6.45, 7) is 10.5. The molecule has 0 spiro atoms. The van der Waals surface area contributed by atoms with Gasteiger partial charge in [0.15, 0.2) is 5.71 Å². The zero-order chi connectivity index (χ0) is 33.5. The summed E-state index contributed by atoms with van der Waals surface area (Å²) in [6.07, 6.45) is 20.1. The van der Waals surface area contributed by atoms with E-state index in [4.69, 9.17) is 0 Å². The van der Waals surface area contributed by atoms with Crippen molar-refractivity contribution < 1.29 is 9.37 Å². The number of anilines is 1. The first-order chi connectivity index (χ1) is 23.2. The SMILES string of the molecule is C[N+]1=C(/C=C/C2=CC(=C/C=C3\N(CCCCCC=O)c4ccc5ccccc5c4C3(C)C)/CCC2)C(C)(C)c2c1ccc1ccccc21. The summed E-state index contributed by atoms with van der Waals surface area (Å²) in [5.41, 5.74) is 10.8. The molecular weight excluding hydrogens is 585 g/mol. The molecule has 244 valence electrons. The first-order valence-electron chi connectivity index (χ1n) is 17.9. The van der Waals surface area contributed by atoms with E-state index in [9.17, 15) is 4.79 Å². The highest BCUT2D eigenvalue weighted by Crippen LogP contribution is 2.51. The summed E-state index contributed by atoms with van der Waals surface area (Å²) in [7, 11) is 2.22. The van der Waals surface area contributed by atoms with Gasteiger partial charge in [0.25, 0.3) is 0 Å². The Morgan fingerprint density at radius 1 is 0.750 bits per heavy atom. The van der Waals surface area contributed by atoms with E-state index in [1.807, 2.05) is 0 Å². The van der Waals surface area contributed by atoms with Crippen LogP contribution in [0.2, 0.25) is 0 Å². The van der Waals surface area contributed by atoms with E-state index in [1.54, 1.807) is 0 Å². The van der Waals surface area contributed by atoms with Gasteiger partial charge in [-0.2, -0.15) is 4.58 Å². The quantitative estimate of drug-likeness (QED) is 0.104. The molecule has 0 saturated heterocycles. The number of unbranched alkanes of at least 4 members (excludes halogenated alkanes) is 3. The van der Waals surface area contributed by atoms with Crippen molar-refractivity contribution in [2.24, 2.45) is 0 Å². The lowest BCUT2D eigenvalue weighted by molar-refractivity contribution is -0.401. The maximum atomic E-state index is 10.9. The second kappa shape index (κ2) is 12.8. The minimum absolute atomic E-state index is 0.0797. The molecule has 0 aromatic heterocycles.